The van der Waals surface area contributed by atoms with Gasteiger partial charge in [0, 0.05) is 19.0 Å². The molecule has 2 unspecified atom stereocenters. The first-order valence-electron chi connectivity index (χ1n) is 6.48. The van der Waals surface area contributed by atoms with Gasteiger partial charge >= 0.3 is 0 Å². The zero-order valence-corrected chi connectivity index (χ0v) is 12.6. The summed E-state index contributed by atoms with van der Waals surface area (Å²) in [6.45, 7) is 8.75. The normalized spacial score (nSPS) is 24.2. The van der Waals surface area contributed by atoms with Gasteiger partial charge < -0.3 is 5.32 Å². The second-order valence-electron chi connectivity index (χ2n) is 5.34. The van der Waals surface area contributed by atoms with Gasteiger partial charge in [-0.25, -0.2) is 0 Å². The van der Waals surface area contributed by atoms with Crippen LogP contribution in [0.4, 0.5) is 5.69 Å². The molecular formula is C13H22N4S. The average molecular weight is 266 g/mol. The van der Waals surface area contributed by atoms with Crippen LogP contribution in [0.15, 0.2) is 11.2 Å². The quantitative estimate of drug-likeness (QED) is 0.894. The molecule has 2 rings (SSSR count). The molecule has 0 aliphatic carbocycles. The third kappa shape index (κ3) is 2.88. The first-order valence-corrected chi connectivity index (χ1v) is 7.47. The van der Waals surface area contributed by atoms with Crippen LogP contribution in [-0.4, -0.2) is 26.7 Å². The van der Waals surface area contributed by atoms with Crippen LogP contribution >= 0.6 is 11.8 Å². The summed E-state index contributed by atoms with van der Waals surface area (Å²) < 4.78 is 1.86. The van der Waals surface area contributed by atoms with E-state index in [1.54, 1.807) is 11.8 Å². The predicted octanol–water partition coefficient (Wildman–Crippen LogP) is 3.08. The molecule has 1 aromatic heterocycles. The van der Waals surface area contributed by atoms with Gasteiger partial charge in [-0.2, -0.15) is 5.10 Å². The van der Waals surface area contributed by atoms with Crippen molar-refractivity contribution in [1.82, 2.24) is 9.78 Å². The lowest BCUT2D eigenvalue weighted by Gasteiger charge is -2.23. The fourth-order valence-corrected chi connectivity index (χ4v) is 3.03. The second kappa shape index (κ2) is 5.34. The topological polar surface area (TPSA) is 42.2 Å². The molecule has 18 heavy (non-hydrogen) atoms. The summed E-state index contributed by atoms with van der Waals surface area (Å²) in [7, 11) is 1.96. The number of nitrogens with one attached hydrogen (secondary N) is 1. The minimum Gasteiger partial charge on any atom is -0.332 e. The molecule has 2 atom stereocenters. The van der Waals surface area contributed by atoms with Crippen molar-refractivity contribution in [2.75, 3.05) is 11.1 Å². The molecule has 1 aliphatic heterocycles. The van der Waals surface area contributed by atoms with E-state index in [0.717, 1.165) is 22.3 Å². The van der Waals surface area contributed by atoms with Crippen molar-refractivity contribution in [3.8, 4) is 0 Å². The molecule has 1 aliphatic rings. The van der Waals surface area contributed by atoms with Crippen LogP contribution < -0.4 is 5.32 Å². The van der Waals surface area contributed by atoms with Crippen LogP contribution in [0.2, 0.25) is 0 Å². The molecule has 0 radical (unpaired) electrons. The van der Waals surface area contributed by atoms with Crippen LogP contribution in [0, 0.1) is 5.92 Å². The van der Waals surface area contributed by atoms with E-state index < -0.39 is 0 Å². The fraction of sp³-hybridized carbons (Fsp3) is 0.692. The lowest BCUT2D eigenvalue weighted by atomic mass is 10.1. The summed E-state index contributed by atoms with van der Waals surface area (Å²) in [5.41, 5.74) is 2.19. The molecule has 100 valence electrons. The minimum atomic E-state index is 0.396. The predicted molar refractivity (Wildman–Crippen MR) is 79.4 cm³/mol. The Bertz CT molecular complexity index is 450. The molecule has 5 heteroatoms. The molecule has 4 nitrogen and oxygen atoms in total. The van der Waals surface area contributed by atoms with E-state index in [2.05, 4.69) is 38.1 Å². The molecule has 0 aromatic carbocycles. The second-order valence-corrected chi connectivity index (χ2v) is 6.35. The Balaban J connectivity index is 2.17. The number of nitrogens with zero attached hydrogens (tertiary/aromatic N) is 3. The van der Waals surface area contributed by atoms with E-state index in [9.17, 15) is 0 Å². The van der Waals surface area contributed by atoms with Gasteiger partial charge in [-0.3, -0.25) is 9.67 Å². The summed E-state index contributed by atoms with van der Waals surface area (Å²) in [6.07, 6.45) is 2.03. The SMILES string of the molecule is CC(C)c1nn(C)cc1NC1=NC(C)C(C)CS1. The largest absolute Gasteiger partial charge is 0.332 e. The van der Waals surface area contributed by atoms with Gasteiger partial charge in [0.05, 0.1) is 17.4 Å². The van der Waals surface area contributed by atoms with Gasteiger partial charge in [-0.1, -0.05) is 32.5 Å². The first-order chi connectivity index (χ1) is 8.47. The van der Waals surface area contributed by atoms with Crippen LogP contribution in [0.3, 0.4) is 0 Å². The van der Waals surface area contributed by atoms with E-state index in [1.807, 2.05) is 17.9 Å². The van der Waals surface area contributed by atoms with Crippen molar-refractivity contribution in [3.63, 3.8) is 0 Å². The minimum absolute atomic E-state index is 0.396. The highest BCUT2D eigenvalue weighted by molar-refractivity contribution is 8.14. The molecule has 0 fully saturated rings. The highest BCUT2D eigenvalue weighted by Gasteiger charge is 2.20. The van der Waals surface area contributed by atoms with Crippen LogP contribution in [0.5, 0.6) is 0 Å². The van der Waals surface area contributed by atoms with Gasteiger partial charge in [0.15, 0.2) is 5.17 Å². The van der Waals surface area contributed by atoms with E-state index in [1.165, 1.54) is 0 Å². The number of aryl methyl sites for hydroxylation is 1. The molecule has 0 saturated carbocycles. The number of thioether (sulfide) groups is 1. The van der Waals surface area contributed by atoms with Gasteiger partial charge in [-0.15, -0.1) is 0 Å². The number of aromatic nitrogens is 2. The summed E-state index contributed by atoms with van der Waals surface area (Å²) in [5.74, 6) is 2.20. The maximum Gasteiger partial charge on any atom is 0.161 e. The van der Waals surface area contributed by atoms with Crippen molar-refractivity contribution < 1.29 is 0 Å². The monoisotopic (exact) mass is 266 g/mol. The van der Waals surface area contributed by atoms with E-state index in [0.29, 0.717) is 17.9 Å². The zero-order chi connectivity index (χ0) is 13.3. The number of amidine groups is 1. The number of rotatable bonds is 2. The average Bonchev–Trinajstić information content (AvgIpc) is 2.65. The molecule has 1 aromatic rings. The third-order valence-corrected chi connectivity index (χ3v) is 4.45. The highest BCUT2D eigenvalue weighted by atomic mass is 32.2. The summed E-state index contributed by atoms with van der Waals surface area (Å²) in [4.78, 5) is 4.70. The van der Waals surface area contributed by atoms with Crippen molar-refractivity contribution in [1.29, 1.82) is 0 Å². The maximum absolute atomic E-state index is 4.70. The van der Waals surface area contributed by atoms with Gasteiger partial charge in [0.1, 0.15) is 0 Å². The standard InChI is InChI=1S/C13H22N4S/c1-8(2)12-11(6-17(5)16-12)15-13-14-10(4)9(3)7-18-13/h6,8-10H,7H2,1-5H3,(H,14,15). The van der Waals surface area contributed by atoms with Crippen LogP contribution in [0.1, 0.15) is 39.3 Å². The Labute approximate surface area is 113 Å². The molecule has 0 saturated heterocycles. The lowest BCUT2D eigenvalue weighted by molar-refractivity contribution is 0.537. The van der Waals surface area contributed by atoms with E-state index in [-0.39, 0.29) is 0 Å². The fourth-order valence-electron chi connectivity index (χ4n) is 1.91. The van der Waals surface area contributed by atoms with Gasteiger partial charge in [-0.05, 0) is 18.8 Å². The van der Waals surface area contributed by atoms with Crippen LogP contribution in [-0.2, 0) is 7.05 Å². The smallest absolute Gasteiger partial charge is 0.161 e. The number of anilines is 1. The Morgan fingerprint density at radius 2 is 2.17 bits per heavy atom. The molecule has 0 amide bonds. The van der Waals surface area contributed by atoms with Crippen LogP contribution in [0.25, 0.3) is 0 Å². The zero-order valence-electron chi connectivity index (χ0n) is 11.8. The van der Waals surface area contributed by atoms with Gasteiger partial charge in [0.25, 0.3) is 0 Å². The van der Waals surface area contributed by atoms with Crippen molar-refractivity contribution in [2.24, 2.45) is 18.0 Å². The maximum atomic E-state index is 4.70. The Morgan fingerprint density at radius 1 is 1.44 bits per heavy atom. The van der Waals surface area contributed by atoms with Crippen molar-refractivity contribution in [2.45, 2.75) is 39.7 Å². The van der Waals surface area contributed by atoms with Crippen molar-refractivity contribution >= 4 is 22.6 Å². The van der Waals surface area contributed by atoms with E-state index in [4.69, 9.17) is 4.99 Å². The Kier molecular flexibility index (Phi) is 4.00. The van der Waals surface area contributed by atoms with Gasteiger partial charge in [0.2, 0.25) is 0 Å². The number of aliphatic imine (C=N–C) groups is 1. The number of hydrogen-bond donors (Lipinski definition) is 1. The Hall–Kier alpha value is -0.970. The first kappa shape index (κ1) is 13.5. The van der Waals surface area contributed by atoms with E-state index >= 15 is 0 Å². The third-order valence-electron chi connectivity index (χ3n) is 3.27. The summed E-state index contributed by atoms with van der Waals surface area (Å²) in [6, 6.07) is 0.396. The Morgan fingerprint density at radius 3 is 2.78 bits per heavy atom. The van der Waals surface area contributed by atoms with Crippen molar-refractivity contribution in [3.05, 3.63) is 11.9 Å². The number of hydrogen-bond acceptors (Lipinski definition) is 4. The molecule has 0 bridgehead atoms. The molecule has 1 N–H and O–H groups in total. The lowest BCUT2D eigenvalue weighted by Crippen LogP contribution is -2.25. The summed E-state index contributed by atoms with van der Waals surface area (Å²) >= 11 is 1.80. The molecule has 0 spiro atoms. The molecular weight excluding hydrogens is 244 g/mol. The highest BCUT2D eigenvalue weighted by Crippen LogP contribution is 2.27. The summed E-state index contributed by atoms with van der Waals surface area (Å²) in [5, 5.41) is 8.96. The molecule has 2 heterocycles.